The van der Waals surface area contributed by atoms with Crippen LogP contribution in [0.2, 0.25) is 10.0 Å². The third kappa shape index (κ3) is 5.55. The first-order chi connectivity index (χ1) is 10.7. The second-order valence-electron chi connectivity index (χ2n) is 7.10. The first-order valence-corrected chi connectivity index (χ1v) is 8.61. The summed E-state index contributed by atoms with van der Waals surface area (Å²) in [6.07, 6.45) is 2.64. The smallest absolute Gasteiger partial charge is 0.408 e. The number of amides is 1. The van der Waals surface area contributed by atoms with Crippen molar-refractivity contribution < 1.29 is 9.53 Å². The van der Waals surface area contributed by atoms with Crippen molar-refractivity contribution in [1.29, 1.82) is 0 Å². The Kier molecular flexibility index (Phi) is 5.82. The molecule has 0 aliphatic heterocycles. The summed E-state index contributed by atoms with van der Waals surface area (Å²) >= 11 is 12.2. The third-order valence-corrected chi connectivity index (χ3v) is 4.47. The molecule has 1 aliphatic carbocycles. The first-order valence-electron chi connectivity index (χ1n) is 7.85. The molecule has 0 atom stereocenters. The molecule has 0 saturated heterocycles. The lowest BCUT2D eigenvalue weighted by Gasteiger charge is -2.42. The van der Waals surface area contributed by atoms with Crippen molar-refractivity contribution in [3.63, 3.8) is 0 Å². The lowest BCUT2D eigenvalue weighted by molar-refractivity contribution is 0.0382. The molecule has 6 heteroatoms. The number of halogens is 2. The fourth-order valence-corrected chi connectivity index (χ4v) is 2.96. The summed E-state index contributed by atoms with van der Waals surface area (Å²) in [6.45, 7) is 6.87. The monoisotopic (exact) mass is 358 g/mol. The molecule has 0 unspecified atom stereocenters. The molecular weight excluding hydrogens is 335 g/mol. The highest BCUT2D eigenvalue weighted by molar-refractivity contribution is 6.33. The van der Waals surface area contributed by atoms with Gasteiger partial charge < -0.3 is 15.4 Å². The Morgan fingerprint density at radius 2 is 2.00 bits per heavy atom. The number of hydrogen-bond acceptors (Lipinski definition) is 3. The van der Waals surface area contributed by atoms with Crippen molar-refractivity contribution in [3.05, 3.63) is 33.8 Å². The summed E-state index contributed by atoms with van der Waals surface area (Å²) in [5, 5.41) is 7.73. The molecule has 2 N–H and O–H groups in total. The number of rotatable bonds is 5. The van der Waals surface area contributed by atoms with Crippen molar-refractivity contribution in [3.8, 4) is 0 Å². The van der Waals surface area contributed by atoms with E-state index in [4.69, 9.17) is 27.9 Å². The zero-order valence-electron chi connectivity index (χ0n) is 13.8. The van der Waals surface area contributed by atoms with Gasteiger partial charge in [0, 0.05) is 23.1 Å². The van der Waals surface area contributed by atoms with E-state index < -0.39 is 5.60 Å². The van der Waals surface area contributed by atoms with Crippen LogP contribution in [0, 0.1) is 0 Å². The Morgan fingerprint density at radius 1 is 1.30 bits per heavy atom. The van der Waals surface area contributed by atoms with Gasteiger partial charge in [-0.1, -0.05) is 23.2 Å². The number of carbonyl (C=O) groups is 1. The van der Waals surface area contributed by atoms with Crippen LogP contribution in [-0.4, -0.2) is 23.8 Å². The highest BCUT2D eigenvalue weighted by Crippen LogP contribution is 2.32. The van der Waals surface area contributed by atoms with E-state index in [1.54, 1.807) is 12.1 Å². The molecule has 0 bridgehead atoms. The molecule has 0 radical (unpaired) electrons. The molecule has 0 aromatic heterocycles. The van der Waals surface area contributed by atoms with Crippen LogP contribution in [0.15, 0.2) is 18.2 Å². The van der Waals surface area contributed by atoms with Gasteiger partial charge in [-0.25, -0.2) is 4.79 Å². The Labute approximate surface area is 147 Å². The predicted molar refractivity (Wildman–Crippen MR) is 94.1 cm³/mol. The Morgan fingerprint density at radius 3 is 2.57 bits per heavy atom. The van der Waals surface area contributed by atoms with E-state index in [1.807, 2.05) is 26.8 Å². The van der Waals surface area contributed by atoms with E-state index in [1.165, 1.54) is 0 Å². The molecule has 1 amide bonds. The molecule has 0 heterocycles. The molecule has 4 nitrogen and oxygen atoms in total. The van der Waals surface area contributed by atoms with Gasteiger partial charge in [-0.05, 0) is 63.8 Å². The molecule has 1 aliphatic rings. The maximum absolute atomic E-state index is 12.0. The number of ether oxygens (including phenoxy) is 1. The SMILES string of the molecule is CC(C)(C)OC(=O)NC1(CNCc2cc(Cl)ccc2Cl)CCC1. The van der Waals surface area contributed by atoms with Crippen molar-refractivity contribution in [2.75, 3.05) is 6.54 Å². The quantitative estimate of drug-likeness (QED) is 0.812. The lowest BCUT2D eigenvalue weighted by atomic mass is 9.76. The average Bonchev–Trinajstić information content (AvgIpc) is 2.37. The topological polar surface area (TPSA) is 50.4 Å². The van der Waals surface area contributed by atoms with Crippen molar-refractivity contribution in [1.82, 2.24) is 10.6 Å². The molecule has 1 aromatic rings. The molecule has 1 saturated carbocycles. The summed E-state index contributed by atoms with van der Waals surface area (Å²) in [5.41, 5.74) is 0.232. The average molecular weight is 359 g/mol. The summed E-state index contributed by atoms with van der Waals surface area (Å²) in [4.78, 5) is 12.0. The van der Waals surface area contributed by atoms with Gasteiger partial charge in [0.1, 0.15) is 5.60 Å². The molecule has 0 spiro atoms. The van der Waals surface area contributed by atoms with Crippen LogP contribution in [0.5, 0.6) is 0 Å². The van der Waals surface area contributed by atoms with E-state index >= 15 is 0 Å². The predicted octanol–water partition coefficient (Wildman–Crippen LogP) is 4.53. The second-order valence-corrected chi connectivity index (χ2v) is 7.94. The van der Waals surface area contributed by atoms with Crippen molar-refractivity contribution in [2.45, 2.75) is 57.7 Å². The summed E-state index contributed by atoms with van der Waals surface area (Å²) < 4.78 is 5.35. The largest absolute Gasteiger partial charge is 0.444 e. The Balaban J connectivity index is 1.87. The van der Waals surface area contributed by atoms with Gasteiger partial charge in [0.05, 0.1) is 5.54 Å². The van der Waals surface area contributed by atoms with E-state index in [9.17, 15) is 4.79 Å². The minimum atomic E-state index is -0.489. The minimum Gasteiger partial charge on any atom is -0.444 e. The zero-order chi connectivity index (χ0) is 17.1. The molecular formula is C17H24Cl2N2O2. The molecule has 1 fully saturated rings. The number of benzene rings is 1. The number of nitrogens with one attached hydrogen (secondary N) is 2. The van der Waals surface area contributed by atoms with Crippen LogP contribution in [0.3, 0.4) is 0 Å². The van der Waals surface area contributed by atoms with Crippen LogP contribution < -0.4 is 10.6 Å². The summed E-state index contributed by atoms with van der Waals surface area (Å²) in [6, 6.07) is 5.41. The summed E-state index contributed by atoms with van der Waals surface area (Å²) in [5.74, 6) is 0. The van der Waals surface area contributed by atoms with Gasteiger partial charge >= 0.3 is 6.09 Å². The van der Waals surface area contributed by atoms with E-state index in [-0.39, 0.29) is 11.6 Å². The molecule has 2 rings (SSSR count). The van der Waals surface area contributed by atoms with Gasteiger partial charge in [0.25, 0.3) is 0 Å². The minimum absolute atomic E-state index is 0.229. The first kappa shape index (κ1) is 18.4. The lowest BCUT2D eigenvalue weighted by Crippen LogP contribution is -2.59. The van der Waals surface area contributed by atoms with Crippen LogP contribution >= 0.6 is 23.2 Å². The highest BCUT2D eigenvalue weighted by Gasteiger charge is 2.39. The van der Waals surface area contributed by atoms with Gasteiger partial charge in [0.15, 0.2) is 0 Å². The maximum Gasteiger partial charge on any atom is 0.408 e. The fourth-order valence-electron chi connectivity index (χ4n) is 2.58. The van der Waals surface area contributed by atoms with Crippen LogP contribution in [0.25, 0.3) is 0 Å². The second kappa shape index (κ2) is 7.29. The third-order valence-electron chi connectivity index (χ3n) is 3.86. The molecule has 128 valence electrons. The fraction of sp³-hybridized carbons (Fsp3) is 0.588. The van der Waals surface area contributed by atoms with Gasteiger partial charge in [-0.3, -0.25) is 0 Å². The van der Waals surface area contributed by atoms with E-state index in [2.05, 4.69) is 10.6 Å². The van der Waals surface area contributed by atoms with Gasteiger partial charge in [-0.15, -0.1) is 0 Å². The van der Waals surface area contributed by atoms with Crippen molar-refractivity contribution in [2.24, 2.45) is 0 Å². The van der Waals surface area contributed by atoms with Crippen LogP contribution in [0.4, 0.5) is 4.79 Å². The normalized spacial score (nSPS) is 16.6. The highest BCUT2D eigenvalue weighted by atomic mass is 35.5. The number of alkyl carbamates (subject to hydrolysis) is 1. The van der Waals surface area contributed by atoms with E-state index in [0.29, 0.717) is 23.1 Å². The van der Waals surface area contributed by atoms with Gasteiger partial charge in [0.2, 0.25) is 0 Å². The van der Waals surface area contributed by atoms with Crippen LogP contribution in [-0.2, 0) is 11.3 Å². The van der Waals surface area contributed by atoms with E-state index in [0.717, 1.165) is 24.8 Å². The van der Waals surface area contributed by atoms with Gasteiger partial charge in [-0.2, -0.15) is 0 Å². The number of carbonyl (C=O) groups excluding carboxylic acids is 1. The molecule has 23 heavy (non-hydrogen) atoms. The Hall–Kier alpha value is -0.970. The summed E-state index contributed by atoms with van der Waals surface area (Å²) in [7, 11) is 0. The zero-order valence-corrected chi connectivity index (χ0v) is 15.4. The van der Waals surface area contributed by atoms with Crippen LogP contribution in [0.1, 0.15) is 45.6 Å². The molecule has 1 aromatic carbocycles. The number of hydrogen-bond donors (Lipinski definition) is 2. The maximum atomic E-state index is 12.0. The standard InChI is InChI=1S/C17H24Cl2N2O2/c1-16(2,3)23-15(22)21-17(7-4-8-17)11-20-10-12-9-13(18)5-6-14(12)19/h5-6,9,20H,4,7-8,10-11H2,1-3H3,(H,21,22). The Bertz CT molecular complexity index is 566. The van der Waals surface area contributed by atoms with Crippen molar-refractivity contribution >= 4 is 29.3 Å².